The Balaban J connectivity index is 1.68. The molecule has 23 heavy (non-hydrogen) atoms. The Morgan fingerprint density at radius 3 is 3.04 bits per heavy atom. The van der Waals surface area contributed by atoms with E-state index in [9.17, 15) is 4.39 Å². The summed E-state index contributed by atoms with van der Waals surface area (Å²) in [6.45, 7) is 3.40. The summed E-state index contributed by atoms with van der Waals surface area (Å²) in [5.41, 5.74) is 0.741. The lowest BCUT2D eigenvalue weighted by molar-refractivity contribution is 0.177. The van der Waals surface area contributed by atoms with Crippen LogP contribution >= 0.6 is 0 Å². The Kier molecular flexibility index (Phi) is 5.03. The first kappa shape index (κ1) is 16.1. The van der Waals surface area contributed by atoms with Gasteiger partial charge in [0.05, 0.1) is 6.04 Å². The van der Waals surface area contributed by atoms with Crippen LogP contribution in [0.25, 0.3) is 0 Å². The molecule has 0 saturated carbocycles. The number of benzene rings is 1. The number of rotatable bonds is 6. The van der Waals surface area contributed by atoms with Crippen molar-refractivity contribution in [1.29, 1.82) is 0 Å². The highest BCUT2D eigenvalue weighted by molar-refractivity contribution is 5.18. The molecule has 0 bridgehead atoms. The minimum absolute atomic E-state index is 0.143. The second kappa shape index (κ2) is 7.19. The summed E-state index contributed by atoms with van der Waals surface area (Å²) in [6, 6.07) is 7.26. The highest BCUT2D eigenvalue weighted by Crippen LogP contribution is 2.24. The number of methoxy groups -OCH3 is 1. The van der Waals surface area contributed by atoms with Crippen LogP contribution in [0.4, 0.5) is 4.39 Å². The van der Waals surface area contributed by atoms with Crippen molar-refractivity contribution in [1.82, 2.24) is 20.1 Å². The van der Waals surface area contributed by atoms with Gasteiger partial charge < -0.3 is 10.1 Å². The van der Waals surface area contributed by atoms with Crippen LogP contribution in [0, 0.1) is 5.82 Å². The van der Waals surface area contributed by atoms with Crippen molar-refractivity contribution in [2.45, 2.75) is 51.4 Å². The van der Waals surface area contributed by atoms with E-state index in [1.165, 1.54) is 6.07 Å². The van der Waals surface area contributed by atoms with Gasteiger partial charge in [-0.3, -0.25) is 0 Å². The Morgan fingerprint density at radius 2 is 2.26 bits per heavy atom. The number of aryl methyl sites for hydroxylation is 1. The molecule has 1 aliphatic heterocycles. The number of halogens is 1. The van der Waals surface area contributed by atoms with E-state index in [-0.39, 0.29) is 17.9 Å². The molecule has 124 valence electrons. The third-order valence-electron chi connectivity index (χ3n) is 4.16. The minimum atomic E-state index is -0.143. The lowest BCUT2D eigenvalue weighted by Crippen LogP contribution is -2.36. The van der Waals surface area contributed by atoms with Crippen molar-refractivity contribution < 1.29 is 9.13 Å². The molecule has 5 nitrogen and oxygen atoms in total. The fraction of sp³-hybridized carbons (Fsp3) is 0.529. The van der Waals surface area contributed by atoms with Crippen LogP contribution in [0.2, 0.25) is 0 Å². The molecule has 1 aliphatic rings. The molecule has 3 rings (SSSR count). The quantitative estimate of drug-likeness (QED) is 0.889. The van der Waals surface area contributed by atoms with Crippen molar-refractivity contribution in [2.24, 2.45) is 0 Å². The molecule has 0 radical (unpaired) electrons. The summed E-state index contributed by atoms with van der Waals surface area (Å²) in [6.07, 6.45) is 2.74. The Bertz CT molecular complexity index is 658. The minimum Gasteiger partial charge on any atom is -0.377 e. The Morgan fingerprint density at radius 1 is 1.43 bits per heavy atom. The van der Waals surface area contributed by atoms with Gasteiger partial charge >= 0.3 is 0 Å². The monoisotopic (exact) mass is 318 g/mol. The van der Waals surface area contributed by atoms with Gasteiger partial charge in [0.15, 0.2) is 5.82 Å². The normalized spacial score (nSPS) is 18.7. The molecule has 2 atom stereocenters. The van der Waals surface area contributed by atoms with E-state index in [1.54, 1.807) is 13.2 Å². The summed E-state index contributed by atoms with van der Waals surface area (Å²) in [5, 5.41) is 8.05. The standard InChI is InChI=1S/C17H23FN4O/c1-12(10-13-6-3-4-7-14(13)18)19-15-8-5-9-22-17(15)20-16(21-22)11-23-2/h3-4,6-7,12,15,19H,5,8-11H2,1-2H3/t12-,15-/m1/s1. The maximum atomic E-state index is 13.8. The molecular weight excluding hydrogens is 295 g/mol. The first-order valence-corrected chi connectivity index (χ1v) is 8.09. The second-order valence-corrected chi connectivity index (χ2v) is 6.10. The lowest BCUT2D eigenvalue weighted by atomic mass is 10.0. The van der Waals surface area contributed by atoms with Gasteiger partial charge in [-0.2, -0.15) is 5.10 Å². The first-order chi connectivity index (χ1) is 11.2. The van der Waals surface area contributed by atoms with Gasteiger partial charge in [-0.25, -0.2) is 14.1 Å². The third-order valence-corrected chi connectivity index (χ3v) is 4.16. The van der Waals surface area contributed by atoms with E-state index < -0.39 is 0 Å². The van der Waals surface area contributed by atoms with E-state index >= 15 is 0 Å². The van der Waals surface area contributed by atoms with E-state index in [0.717, 1.165) is 36.6 Å². The van der Waals surface area contributed by atoms with Gasteiger partial charge in [0.1, 0.15) is 18.2 Å². The molecule has 0 saturated heterocycles. The summed E-state index contributed by atoms with van der Waals surface area (Å²) in [5.74, 6) is 1.54. The zero-order valence-corrected chi connectivity index (χ0v) is 13.6. The molecule has 1 aromatic heterocycles. The largest absolute Gasteiger partial charge is 0.377 e. The predicted molar refractivity (Wildman–Crippen MR) is 85.4 cm³/mol. The Hall–Kier alpha value is -1.79. The molecule has 1 aromatic carbocycles. The predicted octanol–water partition coefficient (Wildman–Crippen LogP) is 2.62. The number of nitrogens with one attached hydrogen (secondary N) is 1. The van der Waals surface area contributed by atoms with Gasteiger partial charge in [0.25, 0.3) is 0 Å². The van der Waals surface area contributed by atoms with Crippen LogP contribution in [0.1, 0.15) is 43.0 Å². The maximum Gasteiger partial charge on any atom is 0.176 e. The van der Waals surface area contributed by atoms with Gasteiger partial charge in [0, 0.05) is 19.7 Å². The molecule has 2 heterocycles. The first-order valence-electron chi connectivity index (χ1n) is 8.09. The summed E-state index contributed by atoms with van der Waals surface area (Å²) < 4.78 is 20.9. The second-order valence-electron chi connectivity index (χ2n) is 6.10. The lowest BCUT2D eigenvalue weighted by Gasteiger charge is -2.26. The topological polar surface area (TPSA) is 52.0 Å². The smallest absolute Gasteiger partial charge is 0.176 e. The summed E-state index contributed by atoms with van der Waals surface area (Å²) in [4.78, 5) is 4.59. The van der Waals surface area contributed by atoms with Crippen molar-refractivity contribution in [3.8, 4) is 0 Å². The van der Waals surface area contributed by atoms with Crippen LogP contribution in [-0.2, 0) is 24.3 Å². The average Bonchev–Trinajstić information content (AvgIpc) is 2.94. The van der Waals surface area contributed by atoms with E-state index in [0.29, 0.717) is 13.0 Å². The molecule has 1 N–H and O–H groups in total. The number of aromatic nitrogens is 3. The zero-order valence-electron chi connectivity index (χ0n) is 13.6. The van der Waals surface area contributed by atoms with E-state index in [1.807, 2.05) is 16.8 Å². The fourth-order valence-electron chi connectivity index (χ4n) is 3.14. The number of hydrogen-bond donors (Lipinski definition) is 1. The van der Waals surface area contributed by atoms with E-state index in [4.69, 9.17) is 4.74 Å². The third kappa shape index (κ3) is 3.76. The molecule has 0 aliphatic carbocycles. The summed E-state index contributed by atoms with van der Waals surface area (Å²) >= 11 is 0. The zero-order chi connectivity index (χ0) is 16.2. The molecule has 0 fully saturated rings. The molecule has 2 aromatic rings. The number of hydrogen-bond acceptors (Lipinski definition) is 4. The van der Waals surface area contributed by atoms with Crippen LogP contribution in [0.5, 0.6) is 0 Å². The Labute approximate surface area is 135 Å². The molecule has 0 unspecified atom stereocenters. The van der Waals surface area contributed by atoms with E-state index in [2.05, 4.69) is 22.3 Å². The van der Waals surface area contributed by atoms with Crippen molar-refractivity contribution >= 4 is 0 Å². The molecule has 6 heteroatoms. The summed E-state index contributed by atoms with van der Waals surface area (Å²) in [7, 11) is 1.65. The fourth-order valence-corrected chi connectivity index (χ4v) is 3.14. The van der Waals surface area contributed by atoms with Gasteiger partial charge in [-0.05, 0) is 37.8 Å². The van der Waals surface area contributed by atoms with Gasteiger partial charge in [-0.15, -0.1) is 0 Å². The molecule has 0 amide bonds. The molecular formula is C17H23FN4O. The van der Waals surface area contributed by atoms with Crippen LogP contribution in [0.15, 0.2) is 24.3 Å². The van der Waals surface area contributed by atoms with Crippen LogP contribution in [0.3, 0.4) is 0 Å². The van der Waals surface area contributed by atoms with Crippen molar-refractivity contribution in [2.75, 3.05) is 7.11 Å². The highest BCUT2D eigenvalue weighted by atomic mass is 19.1. The number of ether oxygens (including phenoxy) is 1. The highest BCUT2D eigenvalue weighted by Gasteiger charge is 2.25. The molecule has 0 spiro atoms. The SMILES string of the molecule is COCc1nc2n(n1)CCC[C@H]2N[C@H](C)Cc1ccccc1F. The van der Waals surface area contributed by atoms with Crippen LogP contribution < -0.4 is 5.32 Å². The maximum absolute atomic E-state index is 13.8. The number of nitrogens with zero attached hydrogens (tertiary/aromatic N) is 3. The van der Waals surface area contributed by atoms with Crippen molar-refractivity contribution in [3.05, 3.63) is 47.3 Å². The average molecular weight is 318 g/mol. The van der Waals surface area contributed by atoms with Crippen LogP contribution in [-0.4, -0.2) is 27.9 Å². The number of fused-ring (bicyclic) bond motifs is 1. The van der Waals surface area contributed by atoms with Gasteiger partial charge in [0.2, 0.25) is 0 Å². The van der Waals surface area contributed by atoms with Gasteiger partial charge in [-0.1, -0.05) is 18.2 Å². The van der Waals surface area contributed by atoms with Crippen molar-refractivity contribution in [3.63, 3.8) is 0 Å².